The van der Waals surface area contributed by atoms with Crippen molar-refractivity contribution in [3.8, 4) is 0 Å². The maximum absolute atomic E-state index is 10.1. The summed E-state index contributed by atoms with van der Waals surface area (Å²) in [5.41, 5.74) is 0.541. The molecule has 0 fully saturated rings. The fourth-order valence-corrected chi connectivity index (χ4v) is 0.751. The predicted octanol–water partition coefficient (Wildman–Crippen LogP) is -0.284. The van der Waals surface area contributed by atoms with Gasteiger partial charge in [0.05, 0.1) is 5.02 Å². The van der Waals surface area contributed by atoms with Gasteiger partial charge in [-0.25, -0.2) is 0 Å². The van der Waals surface area contributed by atoms with Crippen LogP contribution in [-0.4, -0.2) is 27.3 Å². The van der Waals surface area contributed by atoms with E-state index in [9.17, 15) is 4.79 Å². The minimum Gasteiger partial charge on any atom is -0.471 e. The molecular weight excluding hydrogens is 208 g/mol. The standard InChI is InChI=1S/C7H5ClO.H6OSi2/c8-7-4-2-1-3-6(7)5-9;2-1-3/h1-5H;2-3H3. The molecule has 66 valence electrons. The lowest BCUT2D eigenvalue weighted by molar-refractivity contribution is 0.112. The van der Waals surface area contributed by atoms with Crippen molar-refractivity contribution in [2.24, 2.45) is 0 Å². The van der Waals surface area contributed by atoms with Crippen LogP contribution in [0.4, 0.5) is 0 Å². The van der Waals surface area contributed by atoms with Gasteiger partial charge in [0.1, 0.15) is 21.0 Å². The van der Waals surface area contributed by atoms with Crippen molar-refractivity contribution in [3.63, 3.8) is 0 Å². The number of hydrogen-bond acceptors (Lipinski definition) is 2. The molecule has 0 unspecified atom stereocenters. The SMILES string of the molecule is O=Cc1ccccc1Cl.[SiH3]O[SiH3]. The van der Waals surface area contributed by atoms with E-state index < -0.39 is 0 Å². The van der Waals surface area contributed by atoms with Crippen LogP contribution >= 0.6 is 11.6 Å². The zero-order chi connectivity index (χ0) is 9.40. The number of halogens is 1. The van der Waals surface area contributed by atoms with Crippen LogP contribution in [-0.2, 0) is 4.12 Å². The van der Waals surface area contributed by atoms with Gasteiger partial charge < -0.3 is 4.12 Å². The van der Waals surface area contributed by atoms with E-state index in [4.69, 9.17) is 11.6 Å². The third-order valence-corrected chi connectivity index (χ3v) is 1.38. The number of hydrogen-bond donors (Lipinski definition) is 0. The van der Waals surface area contributed by atoms with Gasteiger partial charge in [0.15, 0.2) is 6.29 Å². The normalized spacial score (nSPS) is 8.75. The van der Waals surface area contributed by atoms with Crippen LogP contribution in [0.5, 0.6) is 0 Å². The van der Waals surface area contributed by atoms with E-state index in [0.717, 1.165) is 27.3 Å². The second kappa shape index (κ2) is 7.24. The van der Waals surface area contributed by atoms with E-state index in [1.807, 2.05) is 0 Å². The third-order valence-electron chi connectivity index (χ3n) is 1.03. The molecule has 0 aliphatic heterocycles. The Morgan fingerprint density at radius 3 is 2.17 bits per heavy atom. The molecule has 1 aromatic carbocycles. The van der Waals surface area contributed by atoms with Gasteiger partial charge in [0, 0.05) is 5.56 Å². The summed E-state index contributed by atoms with van der Waals surface area (Å²) in [5.74, 6) is 0. The van der Waals surface area contributed by atoms with Gasteiger partial charge in [-0.3, -0.25) is 4.79 Å². The average molecular weight is 219 g/mol. The number of carbonyl (C=O) groups is 1. The van der Waals surface area contributed by atoms with Crippen LogP contribution in [0, 0.1) is 0 Å². The largest absolute Gasteiger partial charge is 0.471 e. The molecule has 0 amide bonds. The van der Waals surface area contributed by atoms with Crippen LogP contribution < -0.4 is 0 Å². The summed E-state index contributed by atoms with van der Waals surface area (Å²) in [6, 6.07) is 6.92. The second-order valence-electron chi connectivity index (χ2n) is 2.05. The van der Waals surface area contributed by atoms with Gasteiger partial charge in [-0.2, -0.15) is 0 Å². The first kappa shape index (κ1) is 11.6. The van der Waals surface area contributed by atoms with E-state index >= 15 is 0 Å². The molecule has 5 heteroatoms. The Morgan fingerprint density at radius 1 is 1.33 bits per heavy atom. The zero-order valence-electron chi connectivity index (χ0n) is 7.08. The molecule has 0 atom stereocenters. The molecular formula is C7H11ClO2Si2. The molecule has 0 saturated heterocycles. The van der Waals surface area contributed by atoms with E-state index in [1.165, 1.54) is 0 Å². The Bertz CT molecular complexity index is 243. The van der Waals surface area contributed by atoms with E-state index in [2.05, 4.69) is 4.12 Å². The van der Waals surface area contributed by atoms with Gasteiger partial charge in [0.2, 0.25) is 0 Å². The molecule has 2 nitrogen and oxygen atoms in total. The summed E-state index contributed by atoms with van der Waals surface area (Å²) >= 11 is 5.59. The van der Waals surface area contributed by atoms with Gasteiger partial charge in [-0.15, -0.1) is 0 Å². The van der Waals surface area contributed by atoms with Crippen LogP contribution in [0.1, 0.15) is 10.4 Å². The Labute approximate surface area is 83.0 Å². The number of rotatable bonds is 1. The topological polar surface area (TPSA) is 26.3 Å². The molecule has 0 aliphatic rings. The van der Waals surface area contributed by atoms with Crippen molar-refractivity contribution in [3.05, 3.63) is 34.9 Å². The Morgan fingerprint density at radius 2 is 1.83 bits per heavy atom. The van der Waals surface area contributed by atoms with Gasteiger partial charge in [-0.05, 0) is 6.07 Å². The van der Waals surface area contributed by atoms with Gasteiger partial charge in [-0.1, -0.05) is 29.8 Å². The van der Waals surface area contributed by atoms with Crippen LogP contribution in [0.25, 0.3) is 0 Å². The molecule has 0 aromatic heterocycles. The fourth-order valence-electron chi connectivity index (χ4n) is 0.571. The summed E-state index contributed by atoms with van der Waals surface area (Å²) in [4.78, 5) is 10.1. The minimum absolute atomic E-state index is 0.507. The number of carbonyl (C=O) groups excluding carboxylic acids is 1. The molecule has 12 heavy (non-hydrogen) atoms. The molecule has 1 aromatic rings. The van der Waals surface area contributed by atoms with Gasteiger partial charge in [0.25, 0.3) is 0 Å². The van der Waals surface area contributed by atoms with Gasteiger partial charge >= 0.3 is 0 Å². The van der Waals surface area contributed by atoms with Crippen molar-refractivity contribution in [1.29, 1.82) is 0 Å². The van der Waals surface area contributed by atoms with Crippen LogP contribution in [0.15, 0.2) is 24.3 Å². The molecule has 0 heterocycles. The quantitative estimate of drug-likeness (QED) is 0.479. The highest BCUT2D eigenvalue weighted by Crippen LogP contribution is 2.11. The third kappa shape index (κ3) is 4.45. The maximum atomic E-state index is 10.1. The Balaban J connectivity index is 0.000000354. The molecule has 0 bridgehead atoms. The van der Waals surface area contributed by atoms with E-state index in [-0.39, 0.29) is 0 Å². The first-order valence-corrected chi connectivity index (χ1v) is 5.37. The number of benzene rings is 1. The smallest absolute Gasteiger partial charge is 0.151 e. The van der Waals surface area contributed by atoms with E-state index in [0.29, 0.717) is 10.6 Å². The zero-order valence-corrected chi connectivity index (χ0v) is 11.8. The maximum Gasteiger partial charge on any atom is 0.151 e. The molecule has 0 aliphatic carbocycles. The minimum atomic E-state index is 0.507. The second-order valence-corrected chi connectivity index (χ2v) is 5.72. The number of aldehydes is 1. The Kier molecular flexibility index (Phi) is 6.98. The Hall–Kier alpha value is -0.426. The molecule has 0 spiro atoms. The van der Waals surface area contributed by atoms with Crippen molar-refractivity contribution < 1.29 is 8.91 Å². The highest BCUT2D eigenvalue weighted by atomic mass is 35.5. The van der Waals surface area contributed by atoms with E-state index in [1.54, 1.807) is 24.3 Å². The predicted molar refractivity (Wildman–Crippen MR) is 57.8 cm³/mol. The lowest BCUT2D eigenvalue weighted by atomic mass is 10.2. The summed E-state index contributed by atoms with van der Waals surface area (Å²) in [7, 11) is 1.86. The fraction of sp³-hybridized carbons (Fsp3) is 0. The molecule has 1 rings (SSSR count). The van der Waals surface area contributed by atoms with Crippen molar-refractivity contribution in [2.45, 2.75) is 0 Å². The summed E-state index contributed by atoms with van der Waals surface area (Å²) in [5, 5.41) is 0.507. The van der Waals surface area contributed by atoms with Crippen LogP contribution in [0.3, 0.4) is 0 Å². The highest BCUT2D eigenvalue weighted by Gasteiger charge is 1.92. The lowest BCUT2D eigenvalue weighted by Gasteiger charge is -1.90. The summed E-state index contributed by atoms with van der Waals surface area (Å²) < 4.78 is 4.53. The molecule has 0 radical (unpaired) electrons. The lowest BCUT2D eigenvalue weighted by Crippen LogP contribution is -1.77. The first-order valence-electron chi connectivity index (χ1n) is 3.36. The summed E-state index contributed by atoms with van der Waals surface area (Å²) in [6.45, 7) is 0. The molecule has 0 N–H and O–H groups in total. The average Bonchev–Trinajstić information content (AvgIpc) is 2.07. The van der Waals surface area contributed by atoms with Crippen molar-refractivity contribution >= 4 is 38.9 Å². The summed E-state index contributed by atoms with van der Waals surface area (Å²) in [6.07, 6.45) is 0.738. The van der Waals surface area contributed by atoms with Crippen molar-refractivity contribution in [2.75, 3.05) is 0 Å². The van der Waals surface area contributed by atoms with Crippen LogP contribution in [0.2, 0.25) is 5.02 Å². The molecule has 0 saturated carbocycles. The highest BCUT2D eigenvalue weighted by molar-refractivity contribution is 6.32. The first-order chi connectivity index (χ1) is 5.76. The van der Waals surface area contributed by atoms with Crippen molar-refractivity contribution in [1.82, 2.24) is 0 Å². The monoisotopic (exact) mass is 218 g/mol.